The summed E-state index contributed by atoms with van der Waals surface area (Å²) in [6, 6.07) is 8.23. The minimum Gasteiger partial charge on any atom is -0.381 e. The molecular weight excluding hydrogens is 326 g/mol. The van der Waals surface area contributed by atoms with E-state index < -0.39 is 0 Å². The first kappa shape index (κ1) is 20.2. The highest BCUT2D eigenvalue weighted by atomic mass is 16.5. The number of ether oxygens (including phenoxy) is 1. The summed E-state index contributed by atoms with van der Waals surface area (Å²) in [5, 5.41) is 6.67. The summed E-state index contributed by atoms with van der Waals surface area (Å²) in [5.41, 5.74) is 2.23. The van der Waals surface area contributed by atoms with Crippen LogP contribution in [0.15, 0.2) is 35.6 Å². The lowest BCUT2D eigenvalue weighted by molar-refractivity contribution is 0.129. The van der Waals surface area contributed by atoms with E-state index in [1.54, 1.807) is 0 Å². The van der Waals surface area contributed by atoms with Crippen molar-refractivity contribution in [2.45, 2.75) is 46.1 Å². The molecule has 0 bridgehead atoms. The fourth-order valence-corrected chi connectivity index (χ4v) is 2.69. The molecule has 2 aromatic rings. The average molecular weight is 360 g/mol. The maximum Gasteiger partial charge on any atom is 0.191 e. The van der Waals surface area contributed by atoms with Crippen molar-refractivity contribution < 1.29 is 4.74 Å². The van der Waals surface area contributed by atoms with Gasteiger partial charge < -0.3 is 19.9 Å². The fraction of sp³-hybridized carbons (Fsp3) is 0.600. The molecule has 1 aromatic heterocycles. The second-order valence-corrected chi connectivity index (χ2v) is 6.29. The largest absolute Gasteiger partial charge is 0.381 e. The Morgan fingerprint density at radius 2 is 1.96 bits per heavy atom. The molecule has 0 radical (unpaired) electrons. The van der Waals surface area contributed by atoms with Crippen molar-refractivity contribution in [2.75, 3.05) is 32.8 Å². The number of unbranched alkanes of at least 4 members (excludes halogenated alkanes) is 1. The number of aryl methyl sites for hydroxylation is 1. The highest BCUT2D eigenvalue weighted by molar-refractivity contribution is 5.79. The lowest BCUT2D eigenvalue weighted by Crippen LogP contribution is -2.38. The van der Waals surface area contributed by atoms with Crippen molar-refractivity contribution in [2.24, 2.45) is 4.99 Å². The molecule has 0 saturated carbocycles. The third-order valence-corrected chi connectivity index (χ3v) is 4.10. The van der Waals surface area contributed by atoms with E-state index in [4.69, 9.17) is 4.74 Å². The number of guanidine groups is 1. The Balaban J connectivity index is 1.67. The van der Waals surface area contributed by atoms with Crippen LogP contribution in [0.3, 0.4) is 0 Å². The number of hydrogen-bond donors (Lipinski definition) is 2. The number of fused-ring (bicyclic) bond motifs is 1. The predicted molar refractivity (Wildman–Crippen MR) is 109 cm³/mol. The summed E-state index contributed by atoms with van der Waals surface area (Å²) in [5.74, 6) is 0.886. The van der Waals surface area contributed by atoms with Gasteiger partial charge in [0.25, 0.3) is 0 Å². The van der Waals surface area contributed by atoms with E-state index >= 15 is 0 Å². The normalized spacial score (nSPS) is 11.8. The number of para-hydroxylation sites is 2. The highest BCUT2D eigenvalue weighted by Gasteiger charge is 2.01. The first-order valence-corrected chi connectivity index (χ1v) is 9.85. The molecule has 0 unspecified atom stereocenters. The van der Waals surface area contributed by atoms with Crippen molar-refractivity contribution in [3.63, 3.8) is 0 Å². The van der Waals surface area contributed by atoms with Gasteiger partial charge in [-0.05, 0) is 38.3 Å². The van der Waals surface area contributed by atoms with E-state index in [9.17, 15) is 0 Å². The van der Waals surface area contributed by atoms with Crippen LogP contribution in [0.5, 0.6) is 0 Å². The van der Waals surface area contributed by atoms with Crippen LogP contribution in [0.2, 0.25) is 0 Å². The number of aliphatic imine (C=N–C) groups is 1. The van der Waals surface area contributed by atoms with Gasteiger partial charge in [0.05, 0.1) is 17.4 Å². The van der Waals surface area contributed by atoms with Crippen molar-refractivity contribution >= 4 is 17.0 Å². The Hall–Kier alpha value is -2.08. The average Bonchev–Trinajstić information content (AvgIpc) is 3.07. The Labute approximate surface area is 157 Å². The number of nitrogens with zero attached hydrogens (tertiary/aromatic N) is 3. The first-order chi connectivity index (χ1) is 12.8. The first-order valence-electron chi connectivity index (χ1n) is 9.85. The van der Waals surface area contributed by atoms with Crippen molar-refractivity contribution in [3.05, 3.63) is 30.6 Å². The van der Waals surface area contributed by atoms with Gasteiger partial charge in [0.2, 0.25) is 0 Å². The Kier molecular flexibility index (Phi) is 9.57. The predicted octanol–water partition coefficient (Wildman–Crippen LogP) is 3.19. The van der Waals surface area contributed by atoms with Gasteiger partial charge in [-0.3, -0.25) is 4.99 Å². The number of aromatic nitrogens is 2. The molecule has 26 heavy (non-hydrogen) atoms. The third-order valence-electron chi connectivity index (χ3n) is 4.10. The summed E-state index contributed by atoms with van der Waals surface area (Å²) in [6.45, 7) is 9.40. The summed E-state index contributed by atoms with van der Waals surface area (Å²) in [6.07, 6.45) is 6.22. The molecule has 0 spiro atoms. The van der Waals surface area contributed by atoms with Gasteiger partial charge in [-0.25, -0.2) is 4.98 Å². The quantitative estimate of drug-likeness (QED) is 0.347. The van der Waals surface area contributed by atoms with Crippen LogP contribution in [0.4, 0.5) is 0 Å². The molecule has 0 aliphatic rings. The zero-order valence-electron chi connectivity index (χ0n) is 16.2. The van der Waals surface area contributed by atoms with Gasteiger partial charge in [-0.2, -0.15) is 0 Å². The van der Waals surface area contributed by atoms with E-state index in [1.807, 2.05) is 18.5 Å². The number of imidazole rings is 1. The number of nitrogens with one attached hydrogen (secondary N) is 2. The standard InChI is InChI=1S/C20H33N5O/c1-3-5-15-26-16-9-13-23-20(21-4-2)22-12-8-14-25-17-24-18-10-6-7-11-19(18)25/h6-7,10-11,17H,3-5,8-9,12-16H2,1-2H3,(H2,21,22,23). The van der Waals surface area contributed by atoms with Crippen LogP contribution in [0, 0.1) is 0 Å². The molecule has 1 aromatic carbocycles. The van der Waals surface area contributed by atoms with Crippen LogP contribution in [0.25, 0.3) is 11.0 Å². The van der Waals surface area contributed by atoms with Crippen LogP contribution < -0.4 is 10.6 Å². The SMILES string of the molecule is CCCCOCCCNC(=NCCCn1cnc2ccccc21)NCC. The minimum atomic E-state index is 0.787. The maximum atomic E-state index is 5.58. The van der Waals surface area contributed by atoms with Gasteiger partial charge >= 0.3 is 0 Å². The smallest absolute Gasteiger partial charge is 0.191 e. The summed E-state index contributed by atoms with van der Waals surface area (Å²) >= 11 is 0. The van der Waals surface area contributed by atoms with E-state index in [-0.39, 0.29) is 0 Å². The van der Waals surface area contributed by atoms with Gasteiger partial charge in [-0.1, -0.05) is 25.5 Å². The zero-order valence-corrected chi connectivity index (χ0v) is 16.2. The lowest BCUT2D eigenvalue weighted by atomic mass is 10.3. The summed E-state index contributed by atoms with van der Waals surface area (Å²) in [4.78, 5) is 9.09. The molecule has 0 saturated heterocycles. The second-order valence-electron chi connectivity index (χ2n) is 6.29. The van der Waals surface area contributed by atoms with Crippen molar-refractivity contribution in [3.8, 4) is 0 Å². The molecule has 2 rings (SSSR count). The molecule has 2 N–H and O–H groups in total. The minimum absolute atomic E-state index is 0.787. The molecule has 0 aliphatic heterocycles. The molecule has 1 heterocycles. The van der Waals surface area contributed by atoms with Gasteiger partial charge in [0.1, 0.15) is 0 Å². The number of hydrogen-bond acceptors (Lipinski definition) is 3. The Morgan fingerprint density at radius 3 is 2.81 bits per heavy atom. The highest BCUT2D eigenvalue weighted by Crippen LogP contribution is 2.11. The molecule has 0 atom stereocenters. The number of benzene rings is 1. The van der Waals surface area contributed by atoms with E-state index in [0.717, 1.165) is 70.1 Å². The zero-order chi connectivity index (χ0) is 18.5. The maximum absolute atomic E-state index is 5.58. The Bertz CT molecular complexity index is 652. The number of rotatable bonds is 12. The summed E-state index contributed by atoms with van der Waals surface area (Å²) < 4.78 is 7.78. The molecule has 0 fully saturated rings. The molecule has 144 valence electrons. The Morgan fingerprint density at radius 1 is 1.12 bits per heavy atom. The lowest BCUT2D eigenvalue weighted by Gasteiger charge is -2.11. The van der Waals surface area contributed by atoms with E-state index in [0.29, 0.717) is 0 Å². The topological polar surface area (TPSA) is 63.5 Å². The monoisotopic (exact) mass is 359 g/mol. The molecule has 6 nitrogen and oxygen atoms in total. The molecule has 0 amide bonds. The van der Waals surface area contributed by atoms with Crippen LogP contribution in [-0.4, -0.2) is 48.4 Å². The van der Waals surface area contributed by atoms with Gasteiger partial charge in [-0.15, -0.1) is 0 Å². The summed E-state index contributed by atoms with van der Waals surface area (Å²) in [7, 11) is 0. The third kappa shape index (κ3) is 7.04. The van der Waals surface area contributed by atoms with Crippen molar-refractivity contribution in [1.29, 1.82) is 0 Å². The van der Waals surface area contributed by atoms with Crippen LogP contribution >= 0.6 is 0 Å². The van der Waals surface area contributed by atoms with Crippen LogP contribution in [-0.2, 0) is 11.3 Å². The van der Waals surface area contributed by atoms with Crippen LogP contribution in [0.1, 0.15) is 39.5 Å². The fourth-order valence-electron chi connectivity index (χ4n) is 2.69. The molecule has 0 aliphatic carbocycles. The van der Waals surface area contributed by atoms with Gasteiger partial charge in [0.15, 0.2) is 5.96 Å². The van der Waals surface area contributed by atoms with E-state index in [1.165, 1.54) is 11.9 Å². The molecule has 6 heteroatoms. The van der Waals surface area contributed by atoms with Crippen molar-refractivity contribution in [1.82, 2.24) is 20.2 Å². The van der Waals surface area contributed by atoms with E-state index in [2.05, 4.69) is 51.2 Å². The molecular formula is C20H33N5O. The second kappa shape index (κ2) is 12.3. The van der Waals surface area contributed by atoms with Gasteiger partial charge in [0, 0.05) is 39.4 Å².